The van der Waals surface area contributed by atoms with Gasteiger partial charge in [-0.3, -0.25) is 0 Å². The fourth-order valence-corrected chi connectivity index (χ4v) is 3.65. The summed E-state index contributed by atoms with van der Waals surface area (Å²) in [6.07, 6.45) is 9.29. The molecule has 0 aliphatic heterocycles. The van der Waals surface area contributed by atoms with Crippen molar-refractivity contribution in [3.05, 3.63) is 35.6 Å². The third kappa shape index (κ3) is 4.42. The SMILES string of the molecule is Fc1ccc(CC(Br)CC2CCCCC2)cc1. The van der Waals surface area contributed by atoms with E-state index < -0.39 is 0 Å². The molecular formula is C15H20BrF. The summed E-state index contributed by atoms with van der Waals surface area (Å²) in [5.41, 5.74) is 1.23. The van der Waals surface area contributed by atoms with E-state index in [1.165, 1.54) is 44.1 Å². The van der Waals surface area contributed by atoms with E-state index in [4.69, 9.17) is 0 Å². The molecule has 1 aliphatic carbocycles. The average Bonchev–Trinajstić information content (AvgIpc) is 2.33. The Bertz CT molecular complexity index is 327. The van der Waals surface area contributed by atoms with Gasteiger partial charge in [0.05, 0.1) is 0 Å². The van der Waals surface area contributed by atoms with Crippen molar-refractivity contribution >= 4 is 15.9 Å². The molecular weight excluding hydrogens is 279 g/mol. The van der Waals surface area contributed by atoms with Gasteiger partial charge in [-0.1, -0.05) is 60.2 Å². The lowest BCUT2D eigenvalue weighted by Gasteiger charge is -2.23. The van der Waals surface area contributed by atoms with Gasteiger partial charge in [-0.15, -0.1) is 0 Å². The Hall–Kier alpha value is -0.370. The fourth-order valence-electron chi connectivity index (χ4n) is 2.74. The summed E-state index contributed by atoms with van der Waals surface area (Å²) in [4.78, 5) is 0.538. The van der Waals surface area contributed by atoms with Gasteiger partial charge in [0.1, 0.15) is 5.82 Å². The maximum atomic E-state index is 12.8. The molecule has 2 heteroatoms. The molecule has 0 aromatic heterocycles. The number of hydrogen-bond donors (Lipinski definition) is 0. The smallest absolute Gasteiger partial charge is 0.123 e. The third-order valence-corrected chi connectivity index (χ3v) is 4.38. The maximum Gasteiger partial charge on any atom is 0.123 e. The molecule has 1 aliphatic rings. The first-order valence-corrected chi connectivity index (χ1v) is 7.54. The zero-order valence-corrected chi connectivity index (χ0v) is 11.8. The van der Waals surface area contributed by atoms with Crippen molar-refractivity contribution in [3.8, 4) is 0 Å². The van der Waals surface area contributed by atoms with Gasteiger partial charge in [0, 0.05) is 4.83 Å². The van der Waals surface area contributed by atoms with Crippen molar-refractivity contribution in [3.63, 3.8) is 0 Å². The maximum absolute atomic E-state index is 12.8. The Morgan fingerprint density at radius 3 is 2.41 bits per heavy atom. The minimum absolute atomic E-state index is 0.146. The van der Waals surface area contributed by atoms with E-state index in [2.05, 4.69) is 15.9 Å². The Kier molecular flexibility index (Phi) is 5.02. The number of halogens is 2. The van der Waals surface area contributed by atoms with Crippen LogP contribution in [0.25, 0.3) is 0 Å². The molecule has 0 nitrogen and oxygen atoms in total. The number of rotatable bonds is 4. The van der Waals surface area contributed by atoms with Crippen LogP contribution < -0.4 is 0 Å². The van der Waals surface area contributed by atoms with E-state index in [0.717, 1.165) is 12.3 Å². The van der Waals surface area contributed by atoms with Crippen LogP contribution in [0, 0.1) is 11.7 Å². The Morgan fingerprint density at radius 2 is 1.76 bits per heavy atom. The van der Waals surface area contributed by atoms with Crippen LogP contribution in [0.4, 0.5) is 4.39 Å². The van der Waals surface area contributed by atoms with Gasteiger partial charge in [0.15, 0.2) is 0 Å². The first-order chi connectivity index (χ1) is 8.24. The highest BCUT2D eigenvalue weighted by molar-refractivity contribution is 9.09. The van der Waals surface area contributed by atoms with Gasteiger partial charge >= 0.3 is 0 Å². The van der Waals surface area contributed by atoms with Crippen molar-refractivity contribution in [2.75, 3.05) is 0 Å². The van der Waals surface area contributed by atoms with E-state index in [0.29, 0.717) is 4.83 Å². The van der Waals surface area contributed by atoms with Crippen molar-refractivity contribution in [2.45, 2.75) is 49.8 Å². The van der Waals surface area contributed by atoms with Crippen LogP contribution in [0.2, 0.25) is 0 Å². The standard InChI is InChI=1S/C15H20BrF/c16-14(10-12-4-2-1-3-5-12)11-13-6-8-15(17)9-7-13/h6-9,12,14H,1-5,10-11H2. The van der Waals surface area contributed by atoms with Crippen LogP contribution in [0.3, 0.4) is 0 Å². The Labute approximate surface area is 112 Å². The lowest BCUT2D eigenvalue weighted by molar-refractivity contribution is 0.337. The van der Waals surface area contributed by atoms with Crippen molar-refractivity contribution in [1.29, 1.82) is 0 Å². The molecule has 1 aromatic carbocycles. The van der Waals surface area contributed by atoms with E-state index in [9.17, 15) is 4.39 Å². The molecule has 94 valence electrons. The van der Waals surface area contributed by atoms with Gasteiger partial charge in [0.2, 0.25) is 0 Å². The molecule has 0 amide bonds. The molecule has 0 bridgehead atoms. The molecule has 0 radical (unpaired) electrons. The van der Waals surface area contributed by atoms with Crippen LogP contribution in [0.15, 0.2) is 24.3 Å². The monoisotopic (exact) mass is 298 g/mol. The van der Waals surface area contributed by atoms with Gasteiger partial charge in [-0.05, 0) is 36.5 Å². The van der Waals surface area contributed by atoms with Crippen LogP contribution in [0.1, 0.15) is 44.1 Å². The zero-order valence-electron chi connectivity index (χ0n) is 10.2. The summed E-state index contributed by atoms with van der Waals surface area (Å²) in [5.74, 6) is 0.751. The minimum atomic E-state index is -0.146. The van der Waals surface area contributed by atoms with Crippen LogP contribution in [-0.2, 0) is 6.42 Å². The summed E-state index contributed by atoms with van der Waals surface area (Å²) in [6.45, 7) is 0. The molecule has 2 rings (SSSR count). The van der Waals surface area contributed by atoms with Crippen LogP contribution in [0.5, 0.6) is 0 Å². The molecule has 0 heterocycles. The summed E-state index contributed by atoms with van der Waals surface area (Å²) in [5, 5.41) is 0. The van der Waals surface area contributed by atoms with Crippen molar-refractivity contribution in [1.82, 2.24) is 0 Å². The molecule has 1 aromatic rings. The molecule has 1 fully saturated rings. The largest absolute Gasteiger partial charge is 0.207 e. The quantitative estimate of drug-likeness (QED) is 0.678. The van der Waals surface area contributed by atoms with E-state index >= 15 is 0 Å². The summed E-state index contributed by atoms with van der Waals surface area (Å²) in [6, 6.07) is 6.89. The number of alkyl halides is 1. The van der Waals surface area contributed by atoms with E-state index in [1.54, 1.807) is 12.1 Å². The van der Waals surface area contributed by atoms with E-state index in [-0.39, 0.29) is 5.82 Å². The third-order valence-electron chi connectivity index (χ3n) is 3.68. The minimum Gasteiger partial charge on any atom is -0.207 e. The van der Waals surface area contributed by atoms with Crippen LogP contribution >= 0.6 is 15.9 Å². The second kappa shape index (κ2) is 6.53. The number of benzene rings is 1. The second-order valence-corrected chi connectivity index (χ2v) is 6.46. The predicted octanol–water partition coefficient (Wildman–Crippen LogP) is 5.10. The molecule has 17 heavy (non-hydrogen) atoms. The average molecular weight is 299 g/mol. The first kappa shape index (κ1) is 13.1. The zero-order chi connectivity index (χ0) is 12.1. The molecule has 1 unspecified atom stereocenters. The van der Waals surface area contributed by atoms with Gasteiger partial charge in [0.25, 0.3) is 0 Å². The summed E-state index contributed by atoms with van der Waals surface area (Å²) >= 11 is 3.77. The molecule has 0 saturated heterocycles. The summed E-state index contributed by atoms with van der Waals surface area (Å²) in [7, 11) is 0. The highest BCUT2D eigenvalue weighted by Gasteiger charge is 2.17. The predicted molar refractivity (Wildman–Crippen MR) is 74.0 cm³/mol. The fraction of sp³-hybridized carbons (Fsp3) is 0.600. The topological polar surface area (TPSA) is 0 Å². The van der Waals surface area contributed by atoms with Gasteiger partial charge in [-0.25, -0.2) is 4.39 Å². The lowest BCUT2D eigenvalue weighted by atomic mass is 9.85. The van der Waals surface area contributed by atoms with Gasteiger partial charge in [-0.2, -0.15) is 0 Å². The molecule has 0 spiro atoms. The highest BCUT2D eigenvalue weighted by atomic mass is 79.9. The van der Waals surface area contributed by atoms with E-state index in [1.807, 2.05) is 12.1 Å². The number of hydrogen-bond acceptors (Lipinski definition) is 0. The highest BCUT2D eigenvalue weighted by Crippen LogP contribution is 2.30. The second-order valence-electron chi connectivity index (χ2n) is 5.17. The molecule has 0 N–H and O–H groups in total. The molecule has 1 atom stereocenters. The van der Waals surface area contributed by atoms with Crippen LogP contribution in [-0.4, -0.2) is 4.83 Å². The first-order valence-electron chi connectivity index (χ1n) is 6.62. The van der Waals surface area contributed by atoms with Crippen molar-refractivity contribution in [2.24, 2.45) is 5.92 Å². The normalized spacial score (nSPS) is 19.2. The lowest BCUT2D eigenvalue weighted by Crippen LogP contribution is -2.13. The Balaban J connectivity index is 1.79. The van der Waals surface area contributed by atoms with Gasteiger partial charge < -0.3 is 0 Å². The van der Waals surface area contributed by atoms with Crippen molar-refractivity contribution < 1.29 is 4.39 Å². The summed E-state index contributed by atoms with van der Waals surface area (Å²) < 4.78 is 12.8. The molecule has 1 saturated carbocycles. The Morgan fingerprint density at radius 1 is 1.12 bits per heavy atom.